The average Bonchev–Trinajstić information content (AvgIpc) is 2.81. The van der Waals surface area contributed by atoms with Crippen LogP contribution >= 0.6 is 24.0 Å². The number of rotatable bonds is 1. The molecule has 2 nitrogen and oxygen atoms in total. The van der Waals surface area contributed by atoms with Crippen molar-refractivity contribution in [2.24, 2.45) is 9.98 Å². The number of nitrogens with zero attached hydrogens (tertiary/aromatic N) is 2. The molecular formula is C12H10N2S2. The Kier molecular flexibility index (Phi) is 2.16. The van der Waals surface area contributed by atoms with Crippen molar-refractivity contribution in [3.05, 3.63) is 56.9 Å². The average molecular weight is 246 g/mol. The Balaban J connectivity index is 2.21. The lowest BCUT2D eigenvalue weighted by Crippen LogP contribution is -2.19. The first-order valence-corrected chi connectivity index (χ1v) is 6.33. The van der Waals surface area contributed by atoms with Gasteiger partial charge in [-0.15, -0.1) is 24.0 Å². The fourth-order valence-electron chi connectivity index (χ4n) is 1.73. The molecule has 4 heteroatoms. The Labute approximate surface area is 103 Å². The summed E-state index contributed by atoms with van der Waals surface area (Å²) >= 11 is 6.26. The Morgan fingerprint density at radius 1 is 1.19 bits per heavy atom. The normalized spacial score (nSPS) is 16.4. The first-order chi connectivity index (χ1) is 7.67. The molecule has 0 saturated carbocycles. The largest absolute Gasteiger partial charge is 0.238 e. The molecule has 0 amide bonds. The second-order valence-electron chi connectivity index (χ2n) is 3.84. The Morgan fingerprint density at radius 2 is 1.81 bits per heavy atom. The van der Waals surface area contributed by atoms with Gasteiger partial charge >= 0.3 is 0 Å². The van der Waals surface area contributed by atoms with Crippen LogP contribution in [0.15, 0.2) is 45.7 Å². The third kappa shape index (κ3) is 1.49. The number of thiophene rings is 1. The lowest BCUT2D eigenvalue weighted by molar-refractivity contribution is 0.718. The van der Waals surface area contributed by atoms with Crippen molar-refractivity contribution < 1.29 is 0 Å². The summed E-state index contributed by atoms with van der Waals surface area (Å²) in [5.74, 6) is 0. The number of hydrogen-bond donors (Lipinski definition) is 1. The van der Waals surface area contributed by atoms with Crippen LogP contribution in [0, 0.1) is 6.92 Å². The predicted molar refractivity (Wildman–Crippen MR) is 68.5 cm³/mol. The zero-order valence-corrected chi connectivity index (χ0v) is 10.4. The molecule has 0 atom stereocenters. The van der Waals surface area contributed by atoms with E-state index in [1.165, 1.54) is 5.56 Å². The van der Waals surface area contributed by atoms with Crippen LogP contribution in [0.5, 0.6) is 0 Å². The van der Waals surface area contributed by atoms with E-state index in [2.05, 4.69) is 41.0 Å². The zero-order chi connectivity index (χ0) is 11.2. The van der Waals surface area contributed by atoms with Crippen molar-refractivity contribution in [1.29, 1.82) is 0 Å². The van der Waals surface area contributed by atoms with E-state index < -0.39 is 4.99 Å². The molecule has 1 aliphatic rings. The number of aryl methyl sites for hydroxylation is 1. The Bertz CT molecular complexity index is 623. The first-order valence-electron chi connectivity index (χ1n) is 5.00. The minimum Gasteiger partial charge on any atom is -0.238 e. The van der Waals surface area contributed by atoms with Crippen LogP contribution in [-0.4, -0.2) is 0 Å². The van der Waals surface area contributed by atoms with Gasteiger partial charge in [0.05, 0.1) is 15.6 Å². The summed E-state index contributed by atoms with van der Waals surface area (Å²) in [6, 6.07) is 9.97. The number of fused-ring (bicyclic) bond motifs is 1. The van der Waals surface area contributed by atoms with Crippen molar-refractivity contribution in [1.82, 2.24) is 0 Å². The smallest absolute Gasteiger partial charge is 0.230 e. The molecule has 80 valence electrons. The van der Waals surface area contributed by atoms with E-state index in [1.54, 1.807) is 11.3 Å². The maximum Gasteiger partial charge on any atom is 0.230 e. The molecular weight excluding hydrogens is 236 g/mol. The molecule has 0 spiro atoms. The summed E-state index contributed by atoms with van der Waals surface area (Å²) in [5.41, 5.74) is 1.23. The van der Waals surface area contributed by atoms with Gasteiger partial charge in [0, 0.05) is 0 Å². The van der Waals surface area contributed by atoms with Gasteiger partial charge in [-0.25, -0.2) is 9.98 Å². The lowest BCUT2D eigenvalue weighted by atomic mass is 10.3. The molecule has 0 aliphatic carbocycles. The fraction of sp³-hybridized carbons (Fsp3) is 0.167. The van der Waals surface area contributed by atoms with Gasteiger partial charge in [-0.05, 0) is 36.1 Å². The number of thiol groups is 1. The molecule has 16 heavy (non-hydrogen) atoms. The third-order valence-corrected chi connectivity index (χ3v) is 4.23. The summed E-state index contributed by atoms with van der Waals surface area (Å²) in [5, 5.41) is 3.94. The summed E-state index contributed by atoms with van der Waals surface area (Å²) < 4.78 is 0. The van der Waals surface area contributed by atoms with Gasteiger partial charge < -0.3 is 0 Å². The van der Waals surface area contributed by atoms with Crippen LogP contribution in [0.3, 0.4) is 0 Å². The van der Waals surface area contributed by atoms with Crippen molar-refractivity contribution in [2.45, 2.75) is 11.9 Å². The molecule has 1 aromatic heterocycles. The van der Waals surface area contributed by atoms with Gasteiger partial charge in [-0.2, -0.15) is 0 Å². The molecule has 0 saturated heterocycles. The Morgan fingerprint density at radius 3 is 2.31 bits per heavy atom. The summed E-state index contributed by atoms with van der Waals surface area (Å²) in [7, 11) is 0. The van der Waals surface area contributed by atoms with Crippen molar-refractivity contribution in [3.8, 4) is 0 Å². The predicted octanol–water partition coefficient (Wildman–Crippen LogP) is 2.05. The van der Waals surface area contributed by atoms with Crippen LogP contribution in [0.1, 0.15) is 10.4 Å². The van der Waals surface area contributed by atoms with Crippen LogP contribution in [-0.2, 0) is 4.99 Å². The third-order valence-electron chi connectivity index (χ3n) is 2.50. The van der Waals surface area contributed by atoms with E-state index in [0.717, 1.165) is 15.6 Å². The van der Waals surface area contributed by atoms with E-state index in [4.69, 9.17) is 0 Å². The lowest BCUT2D eigenvalue weighted by Gasteiger charge is -2.13. The van der Waals surface area contributed by atoms with Crippen LogP contribution in [0.25, 0.3) is 0 Å². The highest BCUT2D eigenvalue weighted by molar-refractivity contribution is 7.81. The molecule has 3 rings (SSSR count). The highest BCUT2D eigenvalue weighted by Crippen LogP contribution is 2.36. The van der Waals surface area contributed by atoms with E-state index in [0.29, 0.717) is 0 Å². The number of para-hydroxylation sites is 2. The van der Waals surface area contributed by atoms with Crippen LogP contribution in [0.4, 0.5) is 0 Å². The van der Waals surface area contributed by atoms with E-state index in [-0.39, 0.29) is 0 Å². The summed E-state index contributed by atoms with van der Waals surface area (Å²) in [6.07, 6.45) is 0. The maximum atomic E-state index is 4.61. The van der Waals surface area contributed by atoms with E-state index in [1.807, 2.05) is 24.3 Å². The zero-order valence-electron chi connectivity index (χ0n) is 8.71. The quantitative estimate of drug-likeness (QED) is 0.745. The maximum absolute atomic E-state index is 4.61. The second-order valence-corrected chi connectivity index (χ2v) is 5.37. The molecule has 2 aromatic rings. The van der Waals surface area contributed by atoms with Crippen molar-refractivity contribution >= 4 is 24.0 Å². The van der Waals surface area contributed by atoms with Gasteiger partial charge in [0.25, 0.3) is 0 Å². The molecule has 0 radical (unpaired) electrons. The minimum absolute atomic E-state index is 0.720. The Hall–Kier alpha value is -1.13. The van der Waals surface area contributed by atoms with Gasteiger partial charge in [0.1, 0.15) is 0 Å². The monoisotopic (exact) mass is 246 g/mol. The highest BCUT2D eigenvalue weighted by Gasteiger charge is 2.30. The molecule has 0 bridgehead atoms. The van der Waals surface area contributed by atoms with Gasteiger partial charge in [-0.1, -0.05) is 12.1 Å². The molecule has 0 fully saturated rings. The standard InChI is InChI=1S/C12H10N2S2/c1-8-6-11(16-7-8)12(15)13-9-4-2-3-5-10(9)14-12/h2-7,15H,1H3. The molecule has 2 heterocycles. The fourth-order valence-corrected chi connectivity index (χ4v) is 3.05. The summed E-state index contributed by atoms with van der Waals surface area (Å²) in [6.45, 7) is 2.07. The highest BCUT2D eigenvalue weighted by atomic mass is 32.1. The van der Waals surface area contributed by atoms with Crippen LogP contribution in [0.2, 0.25) is 0 Å². The number of hydrogen-bond acceptors (Lipinski definition) is 4. The van der Waals surface area contributed by atoms with Gasteiger partial charge in [0.15, 0.2) is 0 Å². The van der Waals surface area contributed by atoms with Gasteiger partial charge in [0.2, 0.25) is 4.99 Å². The van der Waals surface area contributed by atoms with E-state index >= 15 is 0 Å². The molecule has 1 aromatic carbocycles. The van der Waals surface area contributed by atoms with Crippen molar-refractivity contribution in [2.75, 3.05) is 0 Å². The SMILES string of the molecule is Cc1csc(C2(S)N=c3ccccc3=N2)c1. The summed E-state index contributed by atoms with van der Waals surface area (Å²) in [4.78, 5) is 9.50. The topological polar surface area (TPSA) is 24.7 Å². The molecule has 0 unspecified atom stereocenters. The van der Waals surface area contributed by atoms with Crippen molar-refractivity contribution in [3.63, 3.8) is 0 Å². The minimum atomic E-state index is -0.720. The first kappa shape index (κ1) is 10.1. The molecule has 0 N–H and O–H groups in total. The van der Waals surface area contributed by atoms with E-state index in [9.17, 15) is 0 Å². The second kappa shape index (κ2) is 3.43. The molecule has 1 aliphatic heterocycles. The van der Waals surface area contributed by atoms with Gasteiger partial charge in [-0.3, -0.25) is 0 Å². The number of benzene rings is 1. The van der Waals surface area contributed by atoms with Crippen LogP contribution < -0.4 is 10.7 Å².